The molecular formula is C14H12O. The standard InChI is InChI=1S/C14H12O/c1-15-13-9-8-11-7-6-10-4-2-3-5-12(10)14(11)13/h2-9,13H,1H3. The van der Waals surface area contributed by atoms with Gasteiger partial charge in [-0.05, 0) is 21.9 Å². The molecule has 74 valence electrons. The van der Waals surface area contributed by atoms with E-state index in [-0.39, 0.29) is 6.10 Å². The van der Waals surface area contributed by atoms with E-state index in [9.17, 15) is 0 Å². The lowest BCUT2D eigenvalue weighted by atomic mass is 9.99. The summed E-state index contributed by atoms with van der Waals surface area (Å²) in [7, 11) is 1.76. The zero-order chi connectivity index (χ0) is 10.3. The molecular weight excluding hydrogens is 184 g/mol. The Morgan fingerprint density at radius 2 is 1.93 bits per heavy atom. The summed E-state index contributed by atoms with van der Waals surface area (Å²) in [5, 5.41) is 2.58. The van der Waals surface area contributed by atoms with Gasteiger partial charge >= 0.3 is 0 Å². The molecule has 0 amide bonds. The van der Waals surface area contributed by atoms with Gasteiger partial charge in [0, 0.05) is 7.11 Å². The van der Waals surface area contributed by atoms with E-state index >= 15 is 0 Å². The van der Waals surface area contributed by atoms with Crippen molar-refractivity contribution in [1.29, 1.82) is 0 Å². The third-order valence-electron chi connectivity index (χ3n) is 2.99. The van der Waals surface area contributed by atoms with Crippen molar-refractivity contribution < 1.29 is 4.74 Å². The van der Waals surface area contributed by atoms with Crippen molar-refractivity contribution >= 4 is 16.8 Å². The summed E-state index contributed by atoms with van der Waals surface area (Å²) < 4.78 is 5.46. The molecule has 2 aromatic rings. The number of rotatable bonds is 1. The van der Waals surface area contributed by atoms with Crippen molar-refractivity contribution in [2.24, 2.45) is 0 Å². The average Bonchev–Trinajstić information content (AvgIpc) is 2.72. The topological polar surface area (TPSA) is 9.23 Å². The Balaban J connectivity index is 2.35. The molecule has 0 bridgehead atoms. The molecule has 1 atom stereocenters. The highest BCUT2D eigenvalue weighted by Crippen LogP contribution is 2.36. The molecule has 0 radical (unpaired) electrons. The summed E-state index contributed by atoms with van der Waals surface area (Å²) in [4.78, 5) is 0. The summed E-state index contributed by atoms with van der Waals surface area (Å²) in [5.41, 5.74) is 2.58. The Morgan fingerprint density at radius 1 is 1.07 bits per heavy atom. The van der Waals surface area contributed by atoms with Gasteiger partial charge in [0.1, 0.15) is 6.10 Å². The molecule has 0 N–H and O–H groups in total. The molecule has 0 saturated heterocycles. The number of ether oxygens (including phenoxy) is 1. The van der Waals surface area contributed by atoms with Crippen molar-refractivity contribution in [3.8, 4) is 0 Å². The lowest BCUT2D eigenvalue weighted by molar-refractivity contribution is 0.146. The lowest BCUT2D eigenvalue weighted by Gasteiger charge is -2.12. The van der Waals surface area contributed by atoms with Gasteiger partial charge in [0.05, 0.1) is 0 Å². The van der Waals surface area contributed by atoms with Crippen molar-refractivity contribution in [2.75, 3.05) is 7.11 Å². The first kappa shape index (κ1) is 8.69. The maximum absolute atomic E-state index is 5.46. The largest absolute Gasteiger partial charge is 0.373 e. The minimum Gasteiger partial charge on any atom is -0.373 e. The zero-order valence-corrected chi connectivity index (χ0v) is 8.60. The van der Waals surface area contributed by atoms with Gasteiger partial charge in [-0.3, -0.25) is 0 Å². The van der Waals surface area contributed by atoms with Crippen LogP contribution in [-0.4, -0.2) is 7.11 Å². The molecule has 0 aliphatic heterocycles. The number of fused-ring (bicyclic) bond motifs is 3. The molecule has 1 aliphatic rings. The van der Waals surface area contributed by atoms with Crippen molar-refractivity contribution in [3.05, 3.63) is 53.6 Å². The van der Waals surface area contributed by atoms with E-state index in [1.807, 2.05) is 0 Å². The normalized spacial score (nSPS) is 18.3. The van der Waals surface area contributed by atoms with Crippen LogP contribution in [0.15, 0.2) is 42.5 Å². The highest BCUT2D eigenvalue weighted by atomic mass is 16.5. The van der Waals surface area contributed by atoms with E-state index in [0.29, 0.717) is 0 Å². The van der Waals surface area contributed by atoms with E-state index in [1.54, 1.807) is 7.11 Å². The molecule has 0 saturated carbocycles. The fourth-order valence-corrected chi connectivity index (χ4v) is 2.26. The zero-order valence-electron chi connectivity index (χ0n) is 8.60. The Labute approximate surface area is 89.0 Å². The maximum Gasteiger partial charge on any atom is 0.102 e. The van der Waals surface area contributed by atoms with Gasteiger partial charge in [0.2, 0.25) is 0 Å². The van der Waals surface area contributed by atoms with Crippen LogP contribution in [0, 0.1) is 0 Å². The van der Waals surface area contributed by atoms with Crippen LogP contribution in [-0.2, 0) is 4.74 Å². The number of benzene rings is 2. The molecule has 15 heavy (non-hydrogen) atoms. The monoisotopic (exact) mass is 196 g/mol. The Hall–Kier alpha value is -1.60. The second-order valence-electron chi connectivity index (χ2n) is 3.81. The van der Waals surface area contributed by atoms with E-state index < -0.39 is 0 Å². The predicted molar refractivity (Wildman–Crippen MR) is 62.7 cm³/mol. The Bertz CT molecular complexity index is 540. The maximum atomic E-state index is 5.46. The fraction of sp³-hybridized carbons (Fsp3) is 0.143. The first-order chi connectivity index (χ1) is 7.40. The average molecular weight is 196 g/mol. The van der Waals surface area contributed by atoms with Crippen LogP contribution in [0.1, 0.15) is 17.2 Å². The molecule has 2 aromatic carbocycles. The summed E-state index contributed by atoms with van der Waals surface area (Å²) in [6.45, 7) is 0. The fourth-order valence-electron chi connectivity index (χ4n) is 2.26. The minimum absolute atomic E-state index is 0.117. The summed E-state index contributed by atoms with van der Waals surface area (Å²) >= 11 is 0. The van der Waals surface area contributed by atoms with Crippen LogP contribution in [0.4, 0.5) is 0 Å². The SMILES string of the molecule is COC1C=Cc2ccc3ccccc3c21. The van der Waals surface area contributed by atoms with E-state index in [1.165, 1.54) is 21.9 Å². The van der Waals surface area contributed by atoms with Gasteiger partial charge in [-0.15, -0.1) is 0 Å². The molecule has 1 aliphatic carbocycles. The van der Waals surface area contributed by atoms with Gasteiger partial charge in [-0.2, -0.15) is 0 Å². The summed E-state index contributed by atoms with van der Waals surface area (Å²) in [6, 6.07) is 12.8. The predicted octanol–water partition coefficient (Wildman–Crippen LogP) is 3.55. The molecule has 1 unspecified atom stereocenters. The van der Waals surface area contributed by atoms with Crippen LogP contribution >= 0.6 is 0 Å². The highest BCUT2D eigenvalue weighted by Gasteiger charge is 2.18. The molecule has 3 rings (SSSR count). The van der Waals surface area contributed by atoms with E-state index in [4.69, 9.17) is 4.74 Å². The number of methoxy groups -OCH3 is 1. The first-order valence-corrected chi connectivity index (χ1v) is 5.13. The van der Waals surface area contributed by atoms with Crippen LogP contribution in [0.5, 0.6) is 0 Å². The number of hydrogen-bond donors (Lipinski definition) is 0. The third kappa shape index (κ3) is 1.20. The van der Waals surface area contributed by atoms with E-state index in [0.717, 1.165) is 0 Å². The second kappa shape index (κ2) is 3.21. The second-order valence-corrected chi connectivity index (χ2v) is 3.81. The molecule has 0 aromatic heterocycles. The molecule has 1 nitrogen and oxygen atoms in total. The van der Waals surface area contributed by atoms with Crippen LogP contribution < -0.4 is 0 Å². The van der Waals surface area contributed by atoms with Crippen molar-refractivity contribution in [1.82, 2.24) is 0 Å². The third-order valence-corrected chi connectivity index (χ3v) is 2.99. The Morgan fingerprint density at radius 3 is 2.80 bits per heavy atom. The van der Waals surface area contributed by atoms with Crippen LogP contribution in [0.2, 0.25) is 0 Å². The first-order valence-electron chi connectivity index (χ1n) is 5.13. The summed E-state index contributed by atoms with van der Waals surface area (Å²) in [5.74, 6) is 0. The van der Waals surface area contributed by atoms with Crippen LogP contribution in [0.3, 0.4) is 0 Å². The highest BCUT2D eigenvalue weighted by molar-refractivity contribution is 5.90. The molecule has 0 heterocycles. The Kier molecular flexibility index (Phi) is 1.86. The minimum atomic E-state index is 0.117. The quantitative estimate of drug-likeness (QED) is 0.677. The van der Waals surface area contributed by atoms with Gasteiger partial charge in [-0.25, -0.2) is 0 Å². The summed E-state index contributed by atoms with van der Waals surface area (Å²) in [6.07, 6.45) is 4.36. The van der Waals surface area contributed by atoms with Crippen molar-refractivity contribution in [2.45, 2.75) is 6.10 Å². The lowest BCUT2D eigenvalue weighted by Crippen LogP contribution is -1.96. The van der Waals surface area contributed by atoms with Crippen molar-refractivity contribution in [3.63, 3.8) is 0 Å². The molecule has 1 heteroatoms. The van der Waals surface area contributed by atoms with Gasteiger partial charge in [-0.1, -0.05) is 48.6 Å². The van der Waals surface area contributed by atoms with Gasteiger partial charge < -0.3 is 4.74 Å². The van der Waals surface area contributed by atoms with Gasteiger partial charge in [0.25, 0.3) is 0 Å². The number of hydrogen-bond acceptors (Lipinski definition) is 1. The molecule has 0 fully saturated rings. The van der Waals surface area contributed by atoms with Crippen LogP contribution in [0.25, 0.3) is 16.8 Å². The molecule has 0 spiro atoms. The van der Waals surface area contributed by atoms with Gasteiger partial charge in [0.15, 0.2) is 0 Å². The smallest absolute Gasteiger partial charge is 0.102 e. The van der Waals surface area contributed by atoms with E-state index in [2.05, 4.69) is 48.6 Å².